The van der Waals surface area contributed by atoms with Crippen LogP contribution in [0.15, 0.2) is 23.5 Å². The van der Waals surface area contributed by atoms with Crippen LogP contribution in [-0.4, -0.2) is 53.8 Å². The third-order valence-electron chi connectivity index (χ3n) is 4.84. The van der Waals surface area contributed by atoms with Crippen LogP contribution >= 0.6 is 23.5 Å². The average Bonchev–Trinajstić information content (AvgIpc) is 3.01. The van der Waals surface area contributed by atoms with E-state index in [4.69, 9.17) is 9.79 Å². The van der Waals surface area contributed by atoms with Crippen LogP contribution in [0.5, 0.6) is 0 Å². The van der Waals surface area contributed by atoms with E-state index in [-0.39, 0.29) is 12.6 Å². The molecule has 1 fully saturated rings. The molecule has 1 aromatic heterocycles. The number of phosphoric acid groups is 3. The SMILES string of the molecule is C=C1[C@@H](COP(=O)(O)OP(=O)(O)OP(=O)(O)O)[C@H](CO)[C@H]1n1cnc2c1NC=NC2C. The molecule has 0 aromatic carbocycles. The summed E-state index contributed by atoms with van der Waals surface area (Å²) in [5, 5.41) is 12.8. The van der Waals surface area contributed by atoms with Crippen LogP contribution in [0.25, 0.3) is 0 Å². The van der Waals surface area contributed by atoms with E-state index in [1.807, 2.05) is 6.92 Å². The number of rotatable bonds is 9. The Morgan fingerprint density at radius 3 is 2.48 bits per heavy atom. The summed E-state index contributed by atoms with van der Waals surface area (Å²) in [6.07, 6.45) is 3.08. The van der Waals surface area contributed by atoms with Gasteiger partial charge in [0.2, 0.25) is 0 Å². The Balaban J connectivity index is 1.67. The van der Waals surface area contributed by atoms with Crippen molar-refractivity contribution >= 4 is 35.6 Å². The van der Waals surface area contributed by atoms with Gasteiger partial charge in [0, 0.05) is 18.4 Å². The van der Waals surface area contributed by atoms with Crippen molar-refractivity contribution in [1.82, 2.24) is 9.55 Å². The smallest absolute Gasteiger partial charge is 0.396 e. The van der Waals surface area contributed by atoms with Gasteiger partial charge < -0.3 is 34.6 Å². The maximum Gasteiger partial charge on any atom is 0.490 e. The molecule has 15 nitrogen and oxygen atoms in total. The van der Waals surface area contributed by atoms with Crippen LogP contribution in [0.2, 0.25) is 0 Å². The third-order valence-corrected chi connectivity index (χ3v) is 8.64. The van der Waals surface area contributed by atoms with Crippen LogP contribution in [-0.2, 0) is 26.8 Å². The van der Waals surface area contributed by atoms with E-state index in [9.17, 15) is 28.6 Å². The molecule has 3 rings (SSSR count). The summed E-state index contributed by atoms with van der Waals surface area (Å²) in [4.78, 5) is 44.4. The first-order valence-corrected chi connectivity index (χ1v) is 13.2. The molecule has 3 unspecified atom stereocenters. The Bertz CT molecular complexity index is 1040. The highest BCUT2D eigenvalue weighted by Crippen LogP contribution is 2.66. The van der Waals surface area contributed by atoms with Crippen molar-refractivity contribution in [2.24, 2.45) is 16.8 Å². The highest BCUT2D eigenvalue weighted by molar-refractivity contribution is 7.66. The van der Waals surface area contributed by atoms with Gasteiger partial charge >= 0.3 is 23.5 Å². The molecule has 0 radical (unpaired) electrons. The molecular formula is C13H21N4O11P3. The number of aromatic nitrogens is 2. The van der Waals surface area contributed by atoms with E-state index in [1.54, 1.807) is 10.9 Å². The molecule has 0 bridgehead atoms. The molecule has 1 aromatic rings. The van der Waals surface area contributed by atoms with Gasteiger partial charge in [-0.25, -0.2) is 18.7 Å². The zero-order valence-electron chi connectivity index (χ0n) is 16.0. The number of aliphatic imine (C=N–C) groups is 1. The van der Waals surface area contributed by atoms with Gasteiger partial charge in [0.15, 0.2) is 0 Å². The number of fused-ring (bicyclic) bond motifs is 1. The highest BCUT2D eigenvalue weighted by Gasteiger charge is 2.48. The summed E-state index contributed by atoms with van der Waals surface area (Å²) >= 11 is 0. The molecule has 1 saturated carbocycles. The summed E-state index contributed by atoms with van der Waals surface area (Å²) in [6, 6.07) is -0.582. The molecule has 6 atom stereocenters. The zero-order chi connectivity index (χ0) is 23.2. The van der Waals surface area contributed by atoms with E-state index in [0.29, 0.717) is 17.1 Å². The second-order valence-electron chi connectivity index (χ2n) is 6.84. The number of nitrogens with one attached hydrogen (secondary N) is 1. The first kappa shape index (κ1) is 24.4. The first-order valence-electron chi connectivity index (χ1n) is 8.67. The molecule has 6 N–H and O–H groups in total. The summed E-state index contributed by atoms with van der Waals surface area (Å²) in [5.41, 5.74) is 1.22. The van der Waals surface area contributed by atoms with Gasteiger partial charge in [0.1, 0.15) is 11.5 Å². The van der Waals surface area contributed by atoms with Crippen LogP contribution in [0.3, 0.4) is 0 Å². The third kappa shape index (κ3) is 5.41. The minimum absolute atomic E-state index is 0.167. The van der Waals surface area contributed by atoms with Gasteiger partial charge in [0.25, 0.3) is 0 Å². The maximum atomic E-state index is 11.9. The minimum Gasteiger partial charge on any atom is -0.396 e. The normalized spacial score (nSPS) is 29.4. The van der Waals surface area contributed by atoms with Gasteiger partial charge in [0.05, 0.1) is 31.4 Å². The number of phosphoric ester groups is 1. The van der Waals surface area contributed by atoms with Crippen molar-refractivity contribution in [2.75, 3.05) is 18.5 Å². The van der Waals surface area contributed by atoms with Crippen molar-refractivity contribution in [1.29, 1.82) is 0 Å². The monoisotopic (exact) mass is 502 g/mol. The Hall–Kier alpha value is -1.21. The quantitative estimate of drug-likeness (QED) is 0.206. The lowest BCUT2D eigenvalue weighted by atomic mass is 9.66. The van der Waals surface area contributed by atoms with Crippen LogP contribution < -0.4 is 5.32 Å². The van der Waals surface area contributed by atoms with Crippen LogP contribution in [0, 0.1) is 11.8 Å². The predicted molar refractivity (Wildman–Crippen MR) is 105 cm³/mol. The molecule has 0 amide bonds. The lowest BCUT2D eigenvalue weighted by molar-refractivity contribution is 0.0495. The molecule has 18 heteroatoms. The minimum atomic E-state index is -5.60. The Morgan fingerprint density at radius 2 is 1.87 bits per heavy atom. The van der Waals surface area contributed by atoms with E-state index < -0.39 is 48.0 Å². The van der Waals surface area contributed by atoms with E-state index in [1.165, 1.54) is 6.34 Å². The number of aliphatic hydroxyl groups is 1. The van der Waals surface area contributed by atoms with Crippen molar-refractivity contribution in [3.63, 3.8) is 0 Å². The van der Waals surface area contributed by atoms with E-state index >= 15 is 0 Å². The molecule has 0 spiro atoms. The summed E-state index contributed by atoms with van der Waals surface area (Å²) in [5.74, 6) is -0.472. The second-order valence-corrected chi connectivity index (χ2v) is 11.3. The fourth-order valence-electron chi connectivity index (χ4n) is 3.51. The number of aliphatic hydroxyl groups excluding tert-OH is 1. The molecular weight excluding hydrogens is 481 g/mol. The fourth-order valence-corrected chi connectivity index (χ4v) is 6.56. The number of nitrogens with zero attached hydrogens (tertiary/aromatic N) is 3. The highest BCUT2D eigenvalue weighted by atomic mass is 31.3. The van der Waals surface area contributed by atoms with Gasteiger partial charge in [-0.2, -0.15) is 8.62 Å². The molecule has 31 heavy (non-hydrogen) atoms. The topological polar surface area (TPSA) is 222 Å². The van der Waals surface area contributed by atoms with Gasteiger partial charge in [-0.3, -0.25) is 9.52 Å². The molecule has 1 aliphatic heterocycles. The van der Waals surface area contributed by atoms with Crippen molar-refractivity contribution in [3.05, 3.63) is 24.2 Å². The van der Waals surface area contributed by atoms with Gasteiger partial charge in [-0.05, 0) is 12.5 Å². The number of hydrogen-bond donors (Lipinski definition) is 6. The number of anilines is 1. The van der Waals surface area contributed by atoms with Crippen LogP contribution in [0.4, 0.5) is 5.82 Å². The molecule has 2 aliphatic rings. The van der Waals surface area contributed by atoms with Gasteiger partial charge in [-0.1, -0.05) is 6.58 Å². The van der Waals surface area contributed by atoms with Gasteiger partial charge in [-0.15, -0.1) is 0 Å². The summed E-state index contributed by atoms with van der Waals surface area (Å²) in [7, 11) is -16.3. The molecule has 174 valence electrons. The molecule has 1 aliphatic carbocycles. The Morgan fingerprint density at radius 1 is 1.19 bits per heavy atom. The standard InChI is InChI=1S/C13H21N4O11P3/c1-7-10(4-26-30(22,23)28-31(24,25)27-29(19,20)21)9(3-18)12(7)17-6-16-11-8(2)14-5-15-13(11)17/h5-6,8-10,12,18H,1,3-4H2,2H3,(H,14,15)(H,22,23)(H,24,25)(H2,19,20,21)/t8?,9-,10+,12-/m0/s1. The second kappa shape index (κ2) is 8.62. The summed E-state index contributed by atoms with van der Waals surface area (Å²) in [6.45, 7) is 4.91. The largest absolute Gasteiger partial charge is 0.490 e. The first-order chi connectivity index (χ1) is 14.2. The lowest BCUT2D eigenvalue weighted by Crippen LogP contribution is -2.45. The number of imidazole rings is 1. The maximum absolute atomic E-state index is 11.9. The lowest BCUT2D eigenvalue weighted by Gasteiger charge is -2.47. The van der Waals surface area contributed by atoms with Crippen molar-refractivity contribution in [3.8, 4) is 0 Å². The number of hydrogen-bond acceptors (Lipinski definition) is 10. The van der Waals surface area contributed by atoms with Crippen molar-refractivity contribution in [2.45, 2.75) is 19.0 Å². The Kier molecular flexibility index (Phi) is 6.79. The fraction of sp³-hybridized carbons (Fsp3) is 0.538. The predicted octanol–water partition coefficient (Wildman–Crippen LogP) is 1.08. The molecule has 2 heterocycles. The Labute approximate surface area is 175 Å². The zero-order valence-corrected chi connectivity index (χ0v) is 18.6. The van der Waals surface area contributed by atoms with E-state index in [0.717, 1.165) is 0 Å². The average molecular weight is 502 g/mol. The summed E-state index contributed by atoms with van der Waals surface area (Å²) < 4.78 is 47.7. The van der Waals surface area contributed by atoms with E-state index in [2.05, 4.69) is 35.0 Å². The van der Waals surface area contributed by atoms with Crippen molar-refractivity contribution < 1.29 is 51.5 Å². The molecule has 0 saturated heterocycles. The van der Waals surface area contributed by atoms with Crippen LogP contribution in [0.1, 0.15) is 24.7 Å².